The molecule has 1 saturated carbocycles. The SMILES string of the molecule is CC1(C)CCC[C@@H]1NC(=O)Nc1ccn(CC(F)F)n1. The van der Waals surface area contributed by atoms with Gasteiger partial charge in [-0.3, -0.25) is 10.00 Å². The Bertz CT molecular complexity index is 473. The minimum absolute atomic E-state index is 0.0897. The molecule has 1 aromatic rings. The zero-order valence-corrected chi connectivity index (χ0v) is 11.7. The van der Waals surface area contributed by atoms with E-state index in [1.54, 1.807) is 0 Å². The smallest absolute Gasteiger partial charge is 0.320 e. The van der Waals surface area contributed by atoms with Gasteiger partial charge in [-0.05, 0) is 18.3 Å². The summed E-state index contributed by atoms with van der Waals surface area (Å²) >= 11 is 0. The maximum Gasteiger partial charge on any atom is 0.320 e. The molecule has 0 bridgehead atoms. The summed E-state index contributed by atoms with van der Waals surface area (Å²) in [5.41, 5.74) is 0.0897. The van der Waals surface area contributed by atoms with Crippen molar-refractivity contribution in [3.05, 3.63) is 12.3 Å². The van der Waals surface area contributed by atoms with Gasteiger partial charge in [-0.1, -0.05) is 20.3 Å². The zero-order chi connectivity index (χ0) is 14.8. The van der Waals surface area contributed by atoms with Gasteiger partial charge in [0.1, 0.15) is 6.54 Å². The van der Waals surface area contributed by atoms with Crippen LogP contribution in [0.1, 0.15) is 33.1 Å². The van der Waals surface area contributed by atoms with Gasteiger partial charge in [-0.25, -0.2) is 13.6 Å². The van der Waals surface area contributed by atoms with Gasteiger partial charge in [-0.15, -0.1) is 0 Å². The Labute approximate surface area is 116 Å². The van der Waals surface area contributed by atoms with Crippen molar-refractivity contribution in [2.75, 3.05) is 5.32 Å². The first kappa shape index (κ1) is 14.7. The minimum atomic E-state index is -2.46. The molecule has 1 heterocycles. The van der Waals surface area contributed by atoms with Crippen LogP contribution in [0, 0.1) is 5.41 Å². The molecule has 5 nitrogen and oxygen atoms in total. The van der Waals surface area contributed by atoms with Gasteiger partial charge in [0.2, 0.25) is 0 Å². The van der Waals surface area contributed by atoms with E-state index < -0.39 is 13.0 Å². The Morgan fingerprint density at radius 2 is 2.35 bits per heavy atom. The zero-order valence-electron chi connectivity index (χ0n) is 11.7. The molecule has 1 aliphatic carbocycles. The van der Waals surface area contributed by atoms with Crippen LogP contribution in [0.25, 0.3) is 0 Å². The predicted molar refractivity (Wildman–Crippen MR) is 71.8 cm³/mol. The van der Waals surface area contributed by atoms with E-state index in [0.29, 0.717) is 0 Å². The number of nitrogens with zero attached hydrogens (tertiary/aromatic N) is 2. The molecule has 0 aliphatic heterocycles. The van der Waals surface area contributed by atoms with E-state index in [1.807, 2.05) is 0 Å². The molecule has 1 atom stereocenters. The molecule has 112 valence electrons. The molecular formula is C13H20F2N4O. The summed E-state index contributed by atoms with van der Waals surface area (Å²) in [7, 11) is 0. The first-order valence-corrected chi connectivity index (χ1v) is 6.76. The summed E-state index contributed by atoms with van der Waals surface area (Å²) in [5, 5.41) is 9.36. The Morgan fingerprint density at radius 3 is 2.95 bits per heavy atom. The summed E-state index contributed by atoms with van der Waals surface area (Å²) < 4.78 is 25.5. The topological polar surface area (TPSA) is 59.0 Å². The van der Waals surface area contributed by atoms with E-state index >= 15 is 0 Å². The fourth-order valence-electron chi connectivity index (χ4n) is 2.58. The molecule has 20 heavy (non-hydrogen) atoms. The van der Waals surface area contributed by atoms with Gasteiger partial charge < -0.3 is 5.32 Å². The highest BCUT2D eigenvalue weighted by molar-refractivity contribution is 5.88. The molecule has 1 fully saturated rings. The molecule has 1 aliphatic rings. The Hall–Kier alpha value is -1.66. The third-order valence-corrected chi connectivity index (χ3v) is 3.77. The maximum atomic E-state index is 12.2. The van der Waals surface area contributed by atoms with Gasteiger partial charge in [0.05, 0.1) is 0 Å². The third-order valence-electron chi connectivity index (χ3n) is 3.77. The van der Waals surface area contributed by atoms with Crippen LogP contribution in [0.5, 0.6) is 0 Å². The van der Waals surface area contributed by atoms with Crippen LogP contribution in [-0.2, 0) is 6.54 Å². The largest absolute Gasteiger partial charge is 0.335 e. The maximum absolute atomic E-state index is 12.2. The number of carbonyl (C=O) groups excluding carboxylic acids is 1. The Kier molecular flexibility index (Phi) is 4.25. The van der Waals surface area contributed by atoms with Crippen molar-refractivity contribution < 1.29 is 13.6 Å². The minimum Gasteiger partial charge on any atom is -0.335 e. The number of aromatic nitrogens is 2. The molecule has 2 rings (SSSR count). The lowest BCUT2D eigenvalue weighted by Gasteiger charge is -2.27. The van der Waals surface area contributed by atoms with E-state index in [0.717, 1.165) is 23.9 Å². The lowest BCUT2D eigenvalue weighted by atomic mass is 9.87. The lowest BCUT2D eigenvalue weighted by Crippen LogP contribution is -2.43. The van der Waals surface area contributed by atoms with Gasteiger partial charge in [-0.2, -0.15) is 5.10 Å². The van der Waals surface area contributed by atoms with Crippen LogP contribution < -0.4 is 10.6 Å². The number of nitrogens with one attached hydrogen (secondary N) is 2. The summed E-state index contributed by atoms with van der Waals surface area (Å²) in [6, 6.07) is 1.29. The second-order valence-corrected chi connectivity index (χ2v) is 5.85. The fraction of sp³-hybridized carbons (Fsp3) is 0.692. The standard InChI is InChI=1S/C13H20F2N4O/c1-13(2)6-3-4-9(13)16-12(20)17-11-5-7-19(18-11)8-10(14)15/h5,7,9-10H,3-4,6,8H2,1-2H3,(H2,16,17,18,20)/t9-/m0/s1. The fourth-order valence-corrected chi connectivity index (χ4v) is 2.58. The average Bonchev–Trinajstić information content (AvgIpc) is 2.86. The third kappa shape index (κ3) is 3.68. The van der Waals surface area contributed by atoms with Gasteiger partial charge in [0.25, 0.3) is 6.43 Å². The number of carbonyl (C=O) groups is 1. The Balaban J connectivity index is 1.87. The number of urea groups is 1. The number of hydrogen-bond acceptors (Lipinski definition) is 2. The number of rotatable bonds is 4. The molecule has 7 heteroatoms. The predicted octanol–water partition coefficient (Wildman–Crippen LogP) is 2.85. The molecule has 0 aromatic carbocycles. The van der Waals surface area contributed by atoms with Gasteiger partial charge in [0, 0.05) is 18.3 Å². The molecule has 0 radical (unpaired) electrons. The van der Waals surface area contributed by atoms with Crippen molar-refractivity contribution in [2.24, 2.45) is 5.41 Å². The van der Waals surface area contributed by atoms with Crippen LogP contribution >= 0.6 is 0 Å². The van der Waals surface area contributed by atoms with E-state index in [4.69, 9.17) is 0 Å². The van der Waals surface area contributed by atoms with Crippen molar-refractivity contribution in [2.45, 2.75) is 52.1 Å². The first-order valence-electron chi connectivity index (χ1n) is 6.76. The number of halogens is 2. The number of hydrogen-bond donors (Lipinski definition) is 2. The highest BCUT2D eigenvalue weighted by Gasteiger charge is 2.35. The molecule has 1 aromatic heterocycles. The molecule has 2 amide bonds. The van der Waals surface area contributed by atoms with Crippen molar-refractivity contribution in [3.63, 3.8) is 0 Å². The molecular weight excluding hydrogens is 266 g/mol. The van der Waals surface area contributed by atoms with Crippen LogP contribution in [0.3, 0.4) is 0 Å². The van der Waals surface area contributed by atoms with E-state index in [2.05, 4.69) is 29.6 Å². The van der Waals surface area contributed by atoms with Gasteiger partial charge >= 0.3 is 6.03 Å². The Morgan fingerprint density at radius 1 is 1.60 bits per heavy atom. The molecule has 0 spiro atoms. The summed E-state index contributed by atoms with van der Waals surface area (Å²) in [6.45, 7) is 3.78. The van der Waals surface area contributed by atoms with Crippen molar-refractivity contribution in [1.82, 2.24) is 15.1 Å². The van der Waals surface area contributed by atoms with Crippen LogP contribution in [-0.4, -0.2) is 28.3 Å². The number of anilines is 1. The van der Waals surface area contributed by atoms with E-state index in [-0.39, 0.29) is 23.3 Å². The summed E-state index contributed by atoms with van der Waals surface area (Å²) in [4.78, 5) is 11.9. The monoisotopic (exact) mass is 286 g/mol. The summed E-state index contributed by atoms with van der Waals surface area (Å²) in [5.74, 6) is 0.277. The lowest BCUT2D eigenvalue weighted by molar-refractivity contribution is 0.122. The highest BCUT2D eigenvalue weighted by atomic mass is 19.3. The van der Waals surface area contributed by atoms with E-state index in [1.165, 1.54) is 12.3 Å². The second kappa shape index (κ2) is 5.76. The molecule has 2 N–H and O–H groups in total. The van der Waals surface area contributed by atoms with Gasteiger partial charge in [0.15, 0.2) is 5.82 Å². The van der Waals surface area contributed by atoms with E-state index in [9.17, 15) is 13.6 Å². The average molecular weight is 286 g/mol. The molecule has 0 unspecified atom stereocenters. The number of alkyl halides is 2. The number of amides is 2. The highest BCUT2D eigenvalue weighted by Crippen LogP contribution is 2.37. The van der Waals surface area contributed by atoms with Crippen LogP contribution in [0.2, 0.25) is 0 Å². The first-order chi connectivity index (χ1) is 9.37. The van der Waals surface area contributed by atoms with Crippen molar-refractivity contribution in [3.8, 4) is 0 Å². The quantitative estimate of drug-likeness (QED) is 0.894. The molecule has 0 saturated heterocycles. The van der Waals surface area contributed by atoms with Crippen molar-refractivity contribution >= 4 is 11.8 Å². The van der Waals surface area contributed by atoms with Crippen LogP contribution in [0.15, 0.2) is 12.3 Å². The normalized spacial score (nSPS) is 21.1. The summed E-state index contributed by atoms with van der Waals surface area (Å²) in [6.07, 6.45) is 2.10. The van der Waals surface area contributed by atoms with Crippen molar-refractivity contribution in [1.29, 1.82) is 0 Å². The second-order valence-electron chi connectivity index (χ2n) is 5.85. The van der Waals surface area contributed by atoms with Crippen LogP contribution in [0.4, 0.5) is 19.4 Å².